The predicted molar refractivity (Wildman–Crippen MR) is 83.7 cm³/mol. The topological polar surface area (TPSA) is 65.0 Å². The Morgan fingerprint density at radius 3 is 2.41 bits per heavy atom. The second kappa shape index (κ2) is 8.76. The van der Waals surface area contributed by atoms with E-state index >= 15 is 0 Å². The molecule has 5 heteroatoms. The van der Waals surface area contributed by atoms with Crippen LogP contribution in [0.2, 0.25) is 0 Å². The summed E-state index contributed by atoms with van der Waals surface area (Å²) in [5.41, 5.74) is 0.489. The van der Waals surface area contributed by atoms with Crippen LogP contribution in [-0.2, 0) is 20.9 Å². The molecule has 0 amide bonds. The number of hydrogen-bond donors (Lipinski definition) is 1. The molecule has 0 aliphatic carbocycles. The number of ether oxygens (including phenoxy) is 3. The normalized spacial score (nSPS) is 12.8. The molecule has 0 aliphatic rings. The molecule has 0 spiro atoms. The summed E-state index contributed by atoms with van der Waals surface area (Å²) in [4.78, 5) is 11.6. The Bertz CT molecular complexity index is 447. The lowest BCUT2D eigenvalue weighted by Gasteiger charge is -2.17. The monoisotopic (exact) mass is 310 g/mol. The quantitative estimate of drug-likeness (QED) is 0.748. The van der Waals surface area contributed by atoms with Gasteiger partial charge in [-0.2, -0.15) is 0 Å². The van der Waals surface area contributed by atoms with Gasteiger partial charge in [-0.25, -0.2) is 0 Å². The van der Waals surface area contributed by atoms with Crippen LogP contribution in [0.15, 0.2) is 24.3 Å². The molecule has 1 aromatic rings. The number of esters is 1. The fraction of sp³-hybridized carbons (Fsp3) is 0.588. The number of carbonyl (C=O) groups is 1. The third-order valence-electron chi connectivity index (χ3n) is 3.03. The molecule has 1 aromatic carbocycles. The molecule has 0 heterocycles. The van der Waals surface area contributed by atoms with Gasteiger partial charge < -0.3 is 19.3 Å². The molecule has 0 fully saturated rings. The summed E-state index contributed by atoms with van der Waals surface area (Å²) in [6, 6.07) is 7.55. The van der Waals surface area contributed by atoms with E-state index in [1.54, 1.807) is 27.9 Å². The van der Waals surface area contributed by atoms with E-state index < -0.39 is 11.5 Å². The van der Waals surface area contributed by atoms with Crippen LogP contribution in [0.25, 0.3) is 0 Å². The first kappa shape index (κ1) is 18.5. The molecule has 22 heavy (non-hydrogen) atoms. The smallest absolute Gasteiger partial charge is 0.311 e. The van der Waals surface area contributed by atoms with Crippen molar-refractivity contribution in [3.63, 3.8) is 0 Å². The van der Waals surface area contributed by atoms with Crippen LogP contribution in [-0.4, -0.2) is 37.5 Å². The van der Waals surface area contributed by atoms with Crippen LogP contribution in [0, 0.1) is 5.41 Å². The Morgan fingerprint density at radius 2 is 1.86 bits per heavy atom. The van der Waals surface area contributed by atoms with E-state index in [-0.39, 0.29) is 19.2 Å². The van der Waals surface area contributed by atoms with Crippen LogP contribution in [0.4, 0.5) is 0 Å². The number of aliphatic hydroxyl groups is 1. The number of hydrogen-bond acceptors (Lipinski definition) is 5. The molecule has 1 atom stereocenters. The van der Waals surface area contributed by atoms with E-state index in [1.807, 2.05) is 24.3 Å². The van der Waals surface area contributed by atoms with E-state index in [1.165, 1.54) is 0 Å². The summed E-state index contributed by atoms with van der Waals surface area (Å²) in [5.74, 6) is 0.531. The molecule has 0 unspecified atom stereocenters. The first-order valence-corrected chi connectivity index (χ1v) is 7.39. The number of rotatable bonds is 8. The van der Waals surface area contributed by atoms with Gasteiger partial charge in [0.05, 0.1) is 38.4 Å². The molecular weight excluding hydrogens is 284 g/mol. The molecule has 0 radical (unpaired) electrons. The fourth-order valence-electron chi connectivity index (χ4n) is 1.62. The lowest BCUT2D eigenvalue weighted by Crippen LogP contribution is -2.25. The minimum Gasteiger partial charge on any atom is -0.497 e. The summed E-state index contributed by atoms with van der Waals surface area (Å²) in [5, 5.41) is 9.79. The van der Waals surface area contributed by atoms with E-state index in [2.05, 4.69) is 0 Å². The first-order chi connectivity index (χ1) is 10.3. The van der Waals surface area contributed by atoms with Gasteiger partial charge in [0.15, 0.2) is 0 Å². The number of methoxy groups -OCH3 is 1. The predicted octanol–water partition coefficient (Wildman–Crippen LogP) is 2.55. The Kier molecular flexibility index (Phi) is 7.35. The van der Waals surface area contributed by atoms with Gasteiger partial charge in [0.2, 0.25) is 0 Å². The third-order valence-corrected chi connectivity index (χ3v) is 3.03. The van der Waals surface area contributed by atoms with Crippen molar-refractivity contribution in [2.75, 3.05) is 20.3 Å². The minimum absolute atomic E-state index is 0.198. The zero-order valence-electron chi connectivity index (χ0n) is 13.8. The lowest BCUT2D eigenvalue weighted by atomic mass is 9.97. The van der Waals surface area contributed by atoms with Gasteiger partial charge in [0.1, 0.15) is 5.75 Å². The van der Waals surface area contributed by atoms with E-state index in [0.717, 1.165) is 11.3 Å². The number of aliphatic hydroxyl groups excluding tert-OH is 1. The number of carbonyl (C=O) groups excluding carboxylic acids is 1. The van der Waals surface area contributed by atoms with E-state index in [9.17, 15) is 9.90 Å². The van der Waals surface area contributed by atoms with Crippen molar-refractivity contribution in [3.05, 3.63) is 29.8 Å². The van der Waals surface area contributed by atoms with Gasteiger partial charge in [0, 0.05) is 6.42 Å². The zero-order chi connectivity index (χ0) is 16.6. The Balaban J connectivity index is 2.17. The summed E-state index contributed by atoms with van der Waals surface area (Å²) in [6.45, 7) is 6.21. The molecule has 0 saturated heterocycles. The van der Waals surface area contributed by atoms with Crippen molar-refractivity contribution in [2.24, 2.45) is 5.41 Å². The largest absolute Gasteiger partial charge is 0.497 e. The van der Waals surface area contributed by atoms with Gasteiger partial charge in [0.25, 0.3) is 0 Å². The maximum atomic E-state index is 11.6. The Labute approximate surface area is 132 Å². The first-order valence-electron chi connectivity index (χ1n) is 7.39. The second-order valence-corrected chi connectivity index (χ2v) is 6.19. The van der Waals surface area contributed by atoms with Crippen LogP contribution < -0.4 is 4.74 Å². The lowest BCUT2D eigenvalue weighted by molar-refractivity contribution is -0.153. The molecule has 0 aliphatic heterocycles. The van der Waals surface area contributed by atoms with Crippen molar-refractivity contribution in [1.82, 2.24) is 0 Å². The zero-order valence-corrected chi connectivity index (χ0v) is 13.8. The van der Waals surface area contributed by atoms with Gasteiger partial charge in [-0.05, 0) is 38.5 Å². The molecule has 1 N–H and O–H groups in total. The van der Waals surface area contributed by atoms with E-state index in [0.29, 0.717) is 13.0 Å². The maximum Gasteiger partial charge on any atom is 0.311 e. The van der Waals surface area contributed by atoms with Crippen molar-refractivity contribution < 1.29 is 24.1 Å². The van der Waals surface area contributed by atoms with Crippen LogP contribution >= 0.6 is 0 Å². The SMILES string of the molecule is COc1ccc(COC[C@H](O)CCOC(=O)C(C)(C)C)cc1. The molecule has 0 aromatic heterocycles. The molecule has 0 saturated carbocycles. The van der Waals surface area contributed by atoms with Crippen molar-refractivity contribution >= 4 is 5.97 Å². The maximum absolute atomic E-state index is 11.6. The average molecular weight is 310 g/mol. The third kappa shape index (κ3) is 6.91. The Hall–Kier alpha value is -1.59. The van der Waals surface area contributed by atoms with Crippen molar-refractivity contribution in [3.8, 4) is 5.75 Å². The average Bonchev–Trinajstić information content (AvgIpc) is 2.47. The van der Waals surface area contributed by atoms with Crippen molar-refractivity contribution in [1.29, 1.82) is 0 Å². The van der Waals surface area contributed by atoms with Gasteiger partial charge in [-0.1, -0.05) is 12.1 Å². The van der Waals surface area contributed by atoms with E-state index in [4.69, 9.17) is 14.2 Å². The van der Waals surface area contributed by atoms with Crippen LogP contribution in [0.5, 0.6) is 5.75 Å². The summed E-state index contributed by atoms with van der Waals surface area (Å²) < 4.78 is 15.6. The van der Waals surface area contributed by atoms with Gasteiger partial charge in [-0.15, -0.1) is 0 Å². The van der Waals surface area contributed by atoms with Gasteiger partial charge >= 0.3 is 5.97 Å². The summed E-state index contributed by atoms with van der Waals surface area (Å²) in [7, 11) is 1.62. The van der Waals surface area contributed by atoms with Crippen LogP contribution in [0.3, 0.4) is 0 Å². The number of benzene rings is 1. The second-order valence-electron chi connectivity index (χ2n) is 6.19. The highest BCUT2D eigenvalue weighted by Crippen LogP contribution is 2.15. The Morgan fingerprint density at radius 1 is 1.23 bits per heavy atom. The summed E-state index contributed by atoms with van der Waals surface area (Å²) >= 11 is 0. The standard InChI is InChI=1S/C17H26O5/c1-17(2,3)16(19)22-10-9-14(18)12-21-11-13-5-7-15(20-4)8-6-13/h5-8,14,18H,9-12H2,1-4H3/t14-/m1/s1. The molecule has 1 rings (SSSR count). The highest BCUT2D eigenvalue weighted by molar-refractivity contribution is 5.75. The molecule has 0 bridgehead atoms. The van der Waals surface area contributed by atoms with Crippen molar-refractivity contribution in [2.45, 2.75) is 39.9 Å². The molecular formula is C17H26O5. The summed E-state index contributed by atoms with van der Waals surface area (Å²) in [6.07, 6.45) is -0.282. The molecule has 124 valence electrons. The highest BCUT2D eigenvalue weighted by atomic mass is 16.5. The highest BCUT2D eigenvalue weighted by Gasteiger charge is 2.23. The van der Waals surface area contributed by atoms with Crippen LogP contribution in [0.1, 0.15) is 32.8 Å². The minimum atomic E-state index is -0.647. The van der Waals surface area contributed by atoms with Gasteiger partial charge in [-0.3, -0.25) is 4.79 Å². The molecule has 5 nitrogen and oxygen atoms in total. The fourth-order valence-corrected chi connectivity index (χ4v) is 1.62.